The largest absolute Gasteiger partial charge is 0.250 e. The van der Waals surface area contributed by atoms with Crippen LogP contribution in [0.2, 0.25) is 0 Å². The molecule has 1 aromatic carbocycles. The van der Waals surface area contributed by atoms with Gasteiger partial charge in [0.05, 0.1) is 0 Å². The average Bonchev–Trinajstić information content (AvgIpc) is 2.71. The average molecular weight is 235 g/mol. The summed E-state index contributed by atoms with van der Waals surface area (Å²) in [6.45, 7) is 0. The normalized spacial score (nSPS) is 13.6. The molecule has 1 aromatic heterocycles. The summed E-state index contributed by atoms with van der Waals surface area (Å²) in [6, 6.07) is 11.4. The first-order chi connectivity index (χ1) is 7.59. The Morgan fingerprint density at radius 2 is 2.06 bits per heavy atom. The molecular weight excluding hydrogens is 224 g/mol. The highest BCUT2D eigenvalue weighted by molar-refractivity contribution is 7.90. The first kappa shape index (κ1) is 10.9. The minimum absolute atomic E-state index is 0.685. The number of hydrogen-bond donors (Lipinski definition) is 0. The standard InChI is InChI=1S/C11H11N2O2S/c1-16(14,15)11(13-9-5-8-12-13)10-6-3-2-4-7-10/h3-9,11H,1H3. The van der Waals surface area contributed by atoms with Gasteiger partial charge in [0.1, 0.15) is 0 Å². The number of sulfone groups is 1. The SMILES string of the molecule is CS(=O)(=O)C(c1cc[c]cc1)n1cccn1. The highest BCUT2D eigenvalue weighted by Gasteiger charge is 2.24. The van der Waals surface area contributed by atoms with Crippen LogP contribution in [-0.2, 0) is 9.84 Å². The van der Waals surface area contributed by atoms with Gasteiger partial charge in [0.2, 0.25) is 0 Å². The highest BCUT2D eigenvalue weighted by atomic mass is 32.2. The summed E-state index contributed by atoms with van der Waals surface area (Å²) in [5.41, 5.74) is 0.685. The lowest BCUT2D eigenvalue weighted by Crippen LogP contribution is -2.20. The number of benzene rings is 1. The van der Waals surface area contributed by atoms with Crippen LogP contribution < -0.4 is 0 Å². The molecule has 0 N–H and O–H groups in total. The molecule has 83 valence electrons. The molecule has 1 heterocycles. The van der Waals surface area contributed by atoms with Crippen molar-refractivity contribution in [2.75, 3.05) is 6.26 Å². The Morgan fingerprint density at radius 3 is 2.56 bits per heavy atom. The third kappa shape index (κ3) is 2.14. The molecule has 5 heteroatoms. The number of nitrogens with zero attached hydrogens (tertiary/aromatic N) is 2. The summed E-state index contributed by atoms with van der Waals surface area (Å²) in [7, 11) is -3.25. The zero-order valence-corrected chi connectivity index (χ0v) is 9.55. The number of aromatic nitrogens is 2. The maximum absolute atomic E-state index is 11.8. The Morgan fingerprint density at radius 1 is 1.38 bits per heavy atom. The second-order valence-electron chi connectivity index (χ2n) is 3.50. The van der Waals surface area contributed by atoms with E-state index in [2.05, 4.69) is 11.2 Å². The van der Waals surface area contributed by atoms with E-state index in [0.29, 0.717) is 5.56 Å². The second kappa shape index (κ2) is 4.09. The van der Waals surface area contributed by atoms with Crippen LogP contribution in [0.1, 0.15) is 10.9 Å². The molecular formula is C11H11N2O2S. The van der Waals surface area contributed by atoms with Gasteiger partial charge in [-0.15, -0.1) is 0 Å². The van der Waals surface area contributed by atoms with Gasteiger partial charge in [0.15, 0.2) is 15.2 Å². The van der Waals surface area contributed by atoms with Crippen LogP contribution in [0.15, 0.2) is 42.7 Å². The van der Waals surface area contributed by atoms with E-state index in [1.165, 1.54) is 10.9 Å². The van der Waals surface area contributed by atoms with Gasteiger partial charge < -0.3 is 0 Å². The molecule has 16 heavy (non-hydrogen) atoms. The van der Waals surface area contributed by atoms with Crippen molar-refractivity contribution in [2.24, 2.45) is 0 Å². The fraction of sp³-hybridized carbons (Fsp3) is 0.182. The lowest BCUT2D eigenvalue weighted by Gasteiger charge is -2.15. The van der Waals surface area contributed by atoms with E-state index in [1.807, 2.05) is 0 Å². The van der Waals surface area contributed by atoms with Crippen LogP contribution >= 0.6 is 0 Å². The molecule has 0 saturated carbocycles. The molecule has 0 fully saturated rings. The Bertz CT molecular complexity index is 547. The molecule has 1 atom stereocenters. The zero-order valence-electron chi connectivity index (χ0n) is 8.74. The van der Waals surface area contributed by atoms with Gasteiger partial charge in [-0.2, -0.15) is 5.10 Å². The van der Waals surface area contributed by atoms with Crippen molar-refractivity contribution in [3.63, 3.8) is 0 Å². The monoisotopic (exact) mass is 235 g/mol. The first-order valence-electron chi connectivity index (χ1n) is 4.73. The van der Waals surface area contributed by atoms with E-state index in [9.17, 15) is 8.42 Å². The van der Waals surface area contributed by atoms with E-state index in [-0.39, 0.29) is 0 Å². The van der Waals surface area contributed by atoms with Crippen molar-refractivity contribution < 1.29 is 8.42 Å². The molecule has 2 rings (SSSR count). The van der Waals surface area contributed by atoms with Gasteiger partial charge in [-0.1, -0.05) is 24.3 Å². The fourth-order valence-corrected chi connectivity index (χ4v) is 2.75. The summed E-state index contributed by atoms with van der Waals surface area (Å²) in [5, 5.41) is 3.22. The van der Waals surface area contributed by atoms with E-state index in [0.717, 1.165) is 0 Å². The molecule has 0 bridgehead atoms. The maximum Gasteiger partial charge on any atom is 0.177 e. The third-order valence-electron chi connectivity index (χ3n) is 2.20. The molecule has 0 spiro atoms. The minimum Gasteiger partial charge on any atom is -0.250 e. The van der Waals surface area contributed by atoms with E-state index in [4.69, 9.17) is 0 Å². The van der Waals surface area contributed by atoms with Crippen LogP contribution in [0.25, 0.3) is 0 Å². The zero-order chi connectivity index (χ0) is 11.6. The van der Waals surface area contributed by atoms with Crippen molar-refractivity contribution in [3.05, 3.63) is 54.4 Å². The van der Waals surface area contributed by atoms with Crippen LogP contribution in [0.4, 0.5) is 0 Å². The third-order valence-corrected chi connectivity index (χ3v) is 3.50. The van der Waals surface area contributed by atoms with Crippen molar-refractivity contribution in [1.82, 2.24) is 9.78 Å². The topological polar surface area (TPSA) is 52.0 Å². The lowest BCUT2D eigenvalue weighted by atomic mass is 10.2. The Hall–Kier alpha value is -1.62. The van der Waals surface area contributed by atoms with Crippen molar-refractivity contribution >= 4 is 9.84 Å². The Labute approximate surface area is 94.5 Å². The molecule has 0 aliphatic carbocycles. The van der Waals surface area contributed by atoms with Crippen molar-refractivity contribution in [3.8, 4) is 0 Å². The summed E-state index contributed by atoms with van der Waals surface area (Å²) in [6.07, 6.45) is 4.41. The quantitative estimate of drug-likeness (QED) is 0.805. The highest BCUT2D eigenvalue weighted by Crippen LogP contribution is 2.22. The summed E-state index contributed by atoms with van der Waals surface area (Å²) >= 11 is 0. The van der Waals surface area contributed by atoms with Gasteiger partial charge in [-0.3, -0.25) is 0 Å². The summed E-state index contributed by atoms with van der Waals surface area (Å²) < 4.78 is 25.0. The molecule has 0 amide bonds. The van der Waals surface area contributed by atoms with Gasteiger partial charge in [0, 0.05) is 18.6 Å². The molecule has 1 unspecified atom stereocenters. The van der Waals surface area contributed by atoms with Gasteiger partial charge in [-0.25, -0.2) is 13.1 Å². The molecule has 0 aliphatic heterocycles. The Kier molecular flexibility index (Phi) is 2.78. The smallest absolute Gasteiger partial charge is 0.177 e. The molecule has 0 aliphatic rings. The van der Waals surface area contributed by atoms with Crippen LogP contribution in [0.3, 0.4) is 0 Å². The van der Waals surface area contributed by atoms with Crippen molar-refractivity contribution in [2.45, 2.75) is 5.37 Å². The first-order valence-corrected chi connectivity index (χ1v) is 6.68. The molecule has 2 aromatic rings. The predicted molar refractivity (Wildman–Crippen MR) is 60.5 cm³/mol. The van der Waals surface area contributed by atoms with Crippen LogP contribution in [-0.4, -0.2) is 24.5 Å². The van der Waals surface area contributed by atoms with Gasteiger partial charge in [-0.05, 0) is 17.7 Å². The fourth-order valence-electron chi connectivity index (χ4n) is 1.58. The van der Waals surface area contributed by atoms with Gasteiger partial charge in [0.25, 0.3) is 0 Å². The second-order valence-corrected chi connectivity index (χ2v) is 5.61. The summed E-state index contributed by atoms with van der Waals surface area (Å²) in [4.78, 5) is 0. The van der Waals surface area contributed by atoms with E-state index in [1.54, 1.807) is 42.7 Å². The van der Waals surface area contributed by atoms with E-state index >= 15 is 0 Å². The lowest BCUT2D eigenvalue weighted by molar-refractivity contribution is 0.557. The molecule has 0 saturated heterocycles. The van der Waals surface area contributed by atoms with Gasteiger partial charge >= 0.3 is 0 Å². The minimum atomic E-state index is -3.25. The van der Waals surface area contributed by atoms with Crippen molar-refractivity contribution in [1.29, 1.82) is 0 Å². The predicted octanol–water partition coefficient (Wildman–Crippen LogP) is 1.27. The van der Waals surface area contributed by atoms with E-state index < -0.39 is 15.2 Å². The number of hydrogen-bond acceptors (Lipinski definition) is 3. The van der Waals surface area contributed by atoms with Crippen LogP contribution in [0, 0.1) is 6.07 Å². The Balaban J connectivity index is 2.54. The maximum atomic E-state index is 11.8. The summed E-state index contributed by atoms with van der Waals surface area (Å²) in [5.74, 6) is 0. The molecule has 1 radical (unpaired) electrons. The molecule has 4 nitrogen and oxygen atoms in total. The number of rotatable bonds is 3. The van der Waals surface area contributed by atoms with Crippen LogP contribution in [0.5, 0.6) is 0 Å².